The van der Waals surface area contributed by atoms with Crippen LogP contribution in [-0.4, -0.2) is 73.5 Å². The first-order valence-corrected chi connectivity index (χ1v) is 10.0. The lowest BCUT2D eigenvalue weighted by Crippen LogP contribution is -2.59. The van der Waals surface area contributed by atoms with Gasteiger partial charge in [0.25, 0.3) is 0 Å². The van der Waals surface area contributed by atoms with Crippen LogP contribution in [-0.2, 0) is 14.3 Å². The van der Waals surface area contributed by atoms with Gasteiger partial charge in [0.2, 0.25) is 5.91 Å². The maximum Gasteiger partial charge on any atom is 0.349 e. The van der Waals surface area contributed by atoms with Crippen LogP contribution in [0.5, 0.6) is 0 Å². The molecule has 3 rings (SSSR count). The van der Waals surface area contributed by atoms with Crippen molar-refractivity contribution in [1.82, 2.24) is 14.5 Å². The van der Waals surface area contributed by atoms with E-state index in [2.05, 4.69) is 4.98 Å². The molecule has 1 amide bonds. The number of nitrogen functional groups attached to an aromatic ring is 1. The van der Waals surface area contributed by atoms with Crippen molar-refractivity contribution in [3.05, 3.63) is 22.7 Å². The molecule has 2 fully saturated rings. The van der Waals surface area contributed by atoms with Crippen LogP contribution in [0.3, 0.4) is 0 Å². The Balaban J connectivity index is 1.60. The fraction of sp³-hybridized carbons (Fsp3) is 0.684. The summed E-state index contributed by atoms with van der Waals surface area (Å²) >= 11 is 0. The van der Waals surface area contributed by atoms with Gasteiger partial charge in [-0.1, -0.05) is 0 Å². The lowest BCUT2D eigenvalue weighted by Gasteiger charge is -2.51. The quantitative estimate of drug-likeness (QED) is 0.467. The van der Waals surface area contributed by atoms with E-state index in [1.54, 1.807) is 11.8 Å². The summed E-state index contributed by atoms with van der Waals surface area (Å²) in [5.74, 6) is -1.14. The number of aliphatic carboxylic acids is 1. The van der Waals surface area contributed by atoms with E-state index in [1.807, 2.05) is 0 Å². The minimum absolute atomic E-state index is 0.0775. The molecule has 11 nitrogen and oxygen atoms in total. The zero-order valence-electron chi connectivity index (χ0n) is 17.0. The Hall–Kier alpha value is -2.50. The predicted octanol–water partition coefficient (Wildman–Crippen LogP) is -0.909. The summed E-state index contributed by atoms with van der Waals surface area (Å²) in [5.41, 5.74) is 8.67. The van der Waals surface area contributed by atoms with Crippen molar-refractivity contribution in [1.29, 1.82) is 0 Å². The molecule has 2 saturated heterocycles. The number of carboxylic acids is 1. The van der Waals surface area contributed by atoms with Crippen LogP contribution < -0.4 is 17.2 Å². The molecule has 1 aromatic heterocycles. The van der Waals surface area contributed by atoms with E-state index in [4.69, 9.17) is 21.3 Å². The van der Waals surface area contributed by atoms with Crippen molar-refractivity contribution in [3.63, 3.8) is 0 Å². The summed E-state index contributed by atoms with van der Waals surface area (Å²) in [5, 5.41) is 20.0. The van der Waals surface area contributed by atoms with Crippen LogP contribution in [0, 0.1) is 0 Å². The molecule has 1 spiro atoms. The highest BCUT2D eigenvalue weighted by Gasteiger charge is 2.50. The second-order valence-electron chi connectivity index (χ2n) is 8.45. The third-order valence-corrected chi connectivity index (χ3v) is 6.15. The number of nitrogens with two attached hydrogens (primary N) is 2. The van der Waals surface area contributed by atoms with Gasteiger partial charge in [-0.2, -0.15) is 4.98 Å². The largest absolute Gasteiger partial charge is 0.480 e. The Morgan fingerprint density at radius 1 is 1.40 bits per heavy atom. The monoisotopic (exact) mass is 423 g/mol. The smallest absolute Gasteiger partial charge is 0.349 e. The van der Waals surface area contributed by atoms with Gasteiger partial charge in [0.1, 0.15) is 11.9 Å². The first-order chi connectivity index (χ1) is 14.0. The van der Waals surface area contributed by atoms with Gasteiger partial charge in [-0.25, -0.2) is 4.79 Å². The molecule has 0 unspecified atom stereocenters. The number of hydrogen-bond acceptors (Lipinski definition) is 8. The van der Waals surface area contributed by atoms with Crippen molar-refractivity contribution in [2.45, 2.75) is 62.3 Å². The normalized spacial score (nSPS) is 27.0. The van der Waals surface area contributed by atoms with Crippen molar-refractivity contribution < 1.29 is 24.5 Å². The Bertz CT molecular complexity index is 861. The molecule has 30 heavy (non-hydrogen) atoms. The number of nitrogens with zero attached hydrogens (tertiary/aromatic N) is 3. The number of aliphatic hydroxyl groups is 1. The van der Waals surface area contributed by atoms with Crippen molar-refractivity contribution >= 4 is 17.7 Å². The van der Waals surface area contributed by atoms with Gasteiger partial charge in [0.15, 0.2) is 0 Å². The number of carbonyl (C=O) groups is 2. The molecular formula is C19H29N5O6. The topological polar surface area (TPSA) is 174 Å². The molecule has 1 aromatic rings. The highest BCUT2D eigenvalue weighted by Crippen LogP contribution is 2.43. The standard InChI is InChI=1S/C19H29N5O6/c1-18(29)11-19(30-10-13(18)24-7-4-14(21)22-17(24)28)5-8-23(9-6-19)15(25)3-2-12(20)16(26)27/h4,7,12-13,29H,2-3,5-6,8-11,20H2,1H3,(H,26,27)(H2,21,22,28)/t12-,13+,18+/m1/s1. The number of carbonyl (C=O) groups excluding carboxylic acids is 1. The number of anilines is 1. The molecule has 0 aromatic carbocycles. The molecular weight excluding hydrogens is 394 g/mol. The molecule has 3 atom stereocenters. The van der Waals surface area contributed by atoms with Crippen LogP contribution in [0.1, 0.15) is 45.1 Å². The van der Waals surface area contributed by atoms with Crippen molar-refractivity contribution in [2.24, 2.45) is 5.73 Å². The van der Waals surface area contributed by atoms with Crippen LogP contribution in [0.25, 0.3) is 0 Å². The van der Waals surface area contributed by atoms with Gasteiger partial charge in [0.05, 0.1) is 23.9 Å². The number of hydrogen-bond donors (Lipinski definition) is 4. The van der Waals surface area contributed by atoms with E-state index >= 15 is 0 Å². The fourth-order valence-corrected chi connectivity index (χ4v) is 4.34. The number of carboxylic acid groups (broad SMARTS) is 1. The van der Waals surface area contributed by atoms with Gasteiger partial charge < -0.3 is 31.3 Å². The summed E-state index contributed by atoms with van der Waals surface area (Å²) in [6.07, 6.45) is 3.08. The maximum atomic E-state index is 12.4. The molecule has 6 N–H and O–H groups in total. The summed E-state index contributed by atoms with van der Waals surface area (Å²) in [6.45, 7) is 2.71. The highest BCUT2D eigenvalue weighted by atomic mass is 16.5. The average Bonchev–Trinajstić information content (AvgIpc) is 2.66. The van der Waals surface area contributed by atoms with Crippen molar-refractivity contribution in [3.8, 4) is 0 Å². The molecule has 0 saturated carbocycles. The van der Waals surface area contributed by atoms with Crippen LogP contribution in [0.15, 0.2) is 17.1 Å². The van der Waals surface area contributed by atoms with E-state index in [9.17, 15) is 19.5 Å². The molecule has 2 aliphatic heterocycles. The first-order valence-electron chi connectivity index (χ1n) is 10.0. The van der Waals surface area contributed by atoms with E-state index in [-0.39, 0.29) is 31.2 Å². The number of rotatable bonds is 5. The SMILES string of the molecule is C[C@]1(O)CC2(CCN(C(=O)CC[C@@H](N)C(=O)O)CC2)OC[C@@H]1n1ccc(N)nc1=O. The predicted molar refractivity (Wildman–Crippen MR) is 107 cm³/mol. The van der Waals surface area contributed by atoms with E-state index in [0.717, 1.165) is 0 Å². The lowest BCUT2D eigenvalue weighted by molar-refractivity contribution is -0.198. The third-order valence-electron chi connectivity index (χ3n) is 6.15. The summed E-state index contributed by atoms with van der Waals surface area (Å²) in [6, 6.07) is -0.145. The molecule has 2 aliphatic rings. The summed E-state index contributed by atoms with van der Waals surface area (Å²) < 4.78 is 7.48. The Kier molecular flexibility index (Phi) is 6.16. The lowest BCUT2D eigenvalue weighted by atomic mass is 9.75. The number of ether oxygens (including phenoxy) is 1. The van der Waals surface area contributed by atoms with Crippen LogP contribution in [0.2, 0.25) is 0 Å². The highest BCUT2D eigenvalue weighted by molar-refractivity contribution is 5.78. The first kappa shape index (κ1) is 22.2. The zero-order valence-corrected chi connectivity index (χ0v) is 17.0. The minimum Gasteiger partial charge on any atom is -0.480 e. The van der Waals surface area contributed by atoms with Gasteiger partial charge in [-0.05, 0) is 32.3 Å². The zero-order chi connectivity index (χ0) is 22.1. The van der Waals surface area contributed by atoms with Gasteiger partial charge in [-0.3, -0.25) is 14.2 Å². The third kappa shape index (κ3) is 4.63. The molecule has 0 aliphatic carbocycles. The Morgan fingerprint density at radius 2 is 2.07 bits per heavy atom. The second-order valence-corrected chi connectivity index (χ2v) is 8.45. The molecule has 166 valence electrons. The second kappa shape index (κ2) is 8.32. The van der Waals surface area contributed by atoms with Gasteiger partial charge in [-0.15, -0.1) is 0 Å². The van der Waals surface area contributed by atoms with Crippen LogP contribution >= 0.6 is 0 Å². The van der Waals surface area contributed by atoms with E-state index < -0.39 is 34.9 Å². The number of likely N-dealkylation sites (tertiary alicyclic amines) is 1. The molecule has 0 radical (unpaired) electrons. The molecule has 0 bridgehead atoms. The summed E-state index contributed by atoms with van der Waals surface area (Å²) in [4.78, 5) is 40.7. The van der Waals surface area contributed by atoms with Gasteiger partial charge >= 0.3 is 11.7 Å². The van der Waals surface area contributed by atoms with E-state index in [0.29, 0.717) is 32.4 Å². The van der Waals surface area contributed by atoms with E-state index in [1.165, 1.54) is 16.8 Å². The molecule has 3 heterocycles. The van der Waals surface area contributed by atoms with Crippen molar-refractivity contribution in [2.75, 3.05) is 25.4 Å². The molecule has 11 heteroatoms. The minimum atomic E-state index is -1.21. The summed E-state index contributed by atoms with van der Waals surface area (Å²) in [7, 11) is 0. The fourth-order valence-electron chi connectivity index (χ4n) is 4.34. The number of amides is 1. The number of aromatic nitrogens is 2. The average molecular weight is 423 g/mol. The Labute approximate surface area is 173 Å². The number of piperidine rings is 1. The van der Waals surface area contributed by atoms with Crippen LogP contribution in [0.4, 0.5) is 5.82 Å². The maximum absolute atomic E-state index is 12.4. The Morgan fingerprint density at radius 3 is 2.63 bits per heavy atom. The van der Waals surface area contributed by atoms with Gasteiger partial charge in [0, 0.05) is 32.1 Å².